The minimum atomic E-state index is 0.588. The number of likely N-dealkylation sites (N-methyl/N-ethyl adjacent to an activating group) is 1. The molecule has 0 fully saturated rings. The molecule has 74 valence electrons. The van der Waals surface area contributed by atoms with Crippen LogP contribution in [0.15, 0.2) is 15.9 Å². The van der Waals surface area contributed by atoms with Crippen molar-refractivity contribution in [3.8, 4) is 0 Å². The van der Waals surface area contributed by atoms with Gasteiger partial charge < -0.3 is 5.32 Å². The van der Waals surface area contributed by atoms with Crippen molar-refractivity contribution in [1.29, 1.82) is 0 Å². The van der Waals surface area contributed by atoms with Crippen LogP contribution in [-0.2, 0) is 6.42 Å². The molecule has 1 unspecified atom stereocenters. The number of nitrogens with one attached hydrogen (secondary N) is 1. The smallest absolute Gasteiger partial charge is 0.0314 e. The first kappa shape index (κ1) is 11.6. The molecule has 0 bridgehead atoms. The molecule has 0 aliphatic carbocycles. The van der Waals surface area contributed by atoms with E-state index in [9.17, 15) is 0 Å². The van der Waals surface area contributed by atoms with Crippen LogP contribution in [0, 0.1) is 0 Å². The topological polar surface area (TPSA) is 12.0 Å². The lowest BCUT2D eigenvalue weighted by atomic mass is 10.2. The van der Waals surface area contributed by atoms with E-state index in [1.807, 2.05) is 30.1 Å². The van der Waals surface area contributed by atoms with Crippen LogP contribution in [0.1, 0.15) is 4.88 Å². The monoisotopic (exact) mass is 279 g/mol. The molecule has 1 rings (SSSR count). The molecule has 0 aliphatic heterocycles. The summed E-state index contributed by atoms with van der Waals surface area (Å²) in [6, 6.07) is 2.70. The molecule has 1 heterocycles. The van der Waals surface area contributed by atoms with E-state index >= 15 is 0 Å². The highest BCUT2D eigenvalue weighted by Gasteiger charge is 2.09. The maximum atomic E-state index is 3.55. The lowest BCUT2D eigenvalue weighted by molar-refractivity contribution is 0.621. The molecule has 0 spiro atoms. The van der Waals surface area contributed by atoms with Gasteiger partial charge in [0.2, 0.25) is 0 Å². The number of hydrogen-bond donors (Lipinski definition) is 1. The SMILES string of the molecule is CNC(CSC)Cc1sccc1Br. The molecule has 4 heteroatoms. The van der Waals surface area contributed by atoms with Gasteiger partial charge in [0.05, 0.1) is 0 Å². The largest absolute Gasteiger partial charge is 0.316 e. The van der Waals surface area contributed by atoms with E-state index in [0.717, 1.165) is 6.42 Å². The minimum Gasteiger partial charge on any atom is -0.316 e. The Bertz CT molecular complexity index is 250. The lowest BCUT2D eigenvalue weighted by Crippen LogP contribution is -2.29. The third-order valence-electron chi connectivity index (χ3n) is 1.90. The van der Waals surface area contributed by atoms with Gasteiger partial charge in [-0.1, -0.05) is 0 Å². The van der Waals surface area contributed by atoms with E-state index in [1.165, 1.54) is 15.1 Å². The second kappa shape index (κ2) is 6.06. The Labute approximate surface area is 96.4 Å². The number of thioether (sulfide) groups is 1. The molecule has 1 aromatic heterocycles. The van der Waals surface area contributed by atoms with Gasteiger partial charge in [-0.05, 0) is 47.1 Å². The van der Waals surface area contributed by atoms with E-state index in [-0.39, 0.29) is 0 Å². The maximum Gasteiger partial charge on any atom is 0.0314 e. The Morgan fingerprint density at radius 3 is 2.92 bits per heavy atom. The minimum absolute atomic E-state index is 0.588. The van der Waals surface area contributed by atoms with Crippen molar-refractivity contribution in [2.24, 2.45) is 0 Å². The van der Waals surface area contributed by atoms with Crippen molar-refractivity contribution in [3.63, 3.8) is 0 Å². The van der Waals surface area contributed by atoms with Gasteiger partial charge in [-0.15, -0.1) is 11.3 Å². The first-order valence-corrected chi connectivity index (χ1v) is 7.22. The van der Waals surface area contributed by atoms with Crippen molar-refractivity contribution in [2.45, 2.75) is 12.5 Å². The zero-order valence-corrected chi connectivity index (χ0v) is 11.1. The molecule has 0 amide bonds. The second-order valence-corrected chi connectivity index (χ2v) is 5.60. The van der Waals surface area contributed by atoms with Crippen LogP contribution in [-0.4, -0.2) is 25.1 Å². The highest BCUT2D eigenvalue weighted by molar-refractivity contribution is 9.10. The summed E-state index contributed by atoms with van der Waals surface area (Å²) in [4.78, 5) is 1.44. The van der Waals surface area contributed by atoms with Crippen LogP contribution in [0.2, 0.25) is 0 Å². The highest BCUT2D eigenvalue weighted by atomic mass is 79.9. The van der Waals surface area contributed by atoms with Crippen LogP contribution in [0.4, 0.5) is 0 Å². The van der Waals surface area contributed by atoms with Crippen LogP contribution >= 0.6 is 39.0 Å². The molecule has 0 aromatic carbocycles. The van der Waals surface area contributed by atoms with Gasteiger partial charge in [-0.2, -0.15) is 11.8 Å². The number of hydrogen-bond acceptors (Lipinski definition) is 3. The Morgan fingerprint density at radius 1 is 1.69 bits per heavy atom. The summed E-state index contributed by atoms with van der Waals surface area (Å²) < 4.78 is 1.25. The molecular formula is C9H14BrNS2. The van der Waals surface area contributed by atoms with Crippen LogP contribution < -0.4 is 5.32 Å². The summed E-state index contributed by atoms with van der Waals surface area (Å²) in [5, 5.41) is 5.46. The fourth-order valence-corrected chi connectivity index (χ4v) is 3.42. The quantitative estimate of drug-likeness (QED) is 0.890. The molecule has 1 nitrogen and oxygen atoms in total. The average molecular weight is 280 g/mol. The molecule has 1 N–H and O–H groups in total. The maximum absolute atomic E-state index is 3.55. The Hall–Kier alpha value is 0.490. The molecule has 1 atom stereocenters. The molecule has 0 radical (unpaired) electrons. The summed E-state index contributed by atoms with van der Waals surface area (Å²) in [5.41, 5.74) is 0. The predicted molar refractivity (Wildman–Crippen MR) is 67.0 cm³/mol. The zero-order chi connectivity index (χ0) is 9.68. The fourth-order valence-electron chi connectivity index (χ4n) is 1.14. The zero-order valence-electron chi connectivity index (χ0n) is 7.84. The molecule has 0 saturated heterocycles. The molecule has 1 aromatic rings. The molecular weight excluding hydrogens is 266 g/mol. The Morgan fingerprint density at radius 2 is 2.46 bits per heavy atom. The normalized spacial score (nSPS) is 13.2. The van der Waals surface area contributed by atoms with Crippen LogP contribution in [0.25, 0.3) is 0 Å². The summed E-state index contributed by atoms with van der Waals surface area (Å²) in [6.45, 7) is 0. The van der Waals surface area contributed by atoms with Gasteiger partial charge in [-0.3, -0.25) is 0 Å². The van der Waals surface area contributed by atoms with Crippen molar-refractivity contribution in [2.75, 3.05) is 19.1 Å². The average Bonchev–Trinajstić information content (AvgIpc) is 2.51. The van der Waals surface area contributed by atoms with Gasteiger partial charge in [0.1, 0.15) is 0 Å². The summed E-state index contributed by atoms with van der Waals surface area (Å²) >= 11 is 7.26. The first-order chi connectivity index (χ1) is 6.27. The van der Waals surface area contributed by atoms with Gasteiger partial charge in [-0.25, -0.2) is 0 Å². The van der Waals surface area contributed by atoms with Gasteiger partial charge in [0.15, 0.2) is 0 Å². The third-order valence-corrected chi connectivity index (χ3v) is 4.58. The summed E-state index contributed by atoms with van der Waals surface area (Å²) in [6.07, 6.45) is 3.27. The fraction of sp³-hybridized carbons (Fsp3) is 0.556. The Balaban J connectivity index is 2.51. The number of rotatable bonds is 5. The number of halogens is 1. The summed E-state index contributed by atoms with van der Waals surface area (Å²) in [5.74, 6) is 1.17. The van der Waals surface area contributed by atoms with Gasteiger partial charge >= 0.3 is 0 Å². The van der Waals surface area contributed by atoms with Crippen molar-refractivity contribution in [1.82, 2.24) is 5.32 Å². The predicted octanol–water partition coefficient (Wildman–Crippen LogP) is 3.00. The van der Waals surface area contributed by atoms with Crippen molar-refractivity contribution in [3.05, 3.63) is 20.8 Å². The van der Waals surface area contributed by atoms with Crippen molar-refractivity contribution >= 4 is 39.0 Å². The van der Waals surface area contributed by atoms with Crippen LogP contribution in [0.3, 0.4) is 0 Å². The molecule has 0 aliphatic rings. The first-order valence-electron chi connectivity index (χ1n) is 4.16. The number of thiophene rings is 1. The van der Waals surface area contributed by atoms with E-state index in [4.69, 9.17) is 0 Å². The lowest BCUT2D eigenvalue weighted by Gasteiger charge is -2.13. The van der Waals surface area contributed by atoms with E-state index in [2.05, 4.69) is 38.9 Å². The second-order valence-electron chi connectivity index (χ2n) is 2.84. The molecule has 0 saturated carbocycles. The van der Waals surface area contributed by atoms with E-state index < -0.39 is 0 Å². The van der Waals surface area contributed by atoms with Crippen molar-refractivity contribution < 1.29 is 0 Å². The summed E-state index contributed by atoms with van der Waals surface area (Å²) in [7, 11) is 2.03. The van der Waals surface area contributed by atoms with E-state index in [1.54, 1.807) is 0 Å². The standard InChI is InChI=1S/C9H14BrNS2/c1-11-7(6-12-2)5-9-8(10)3-4-13-9/h3-4,7,11H,5-6H2,1-2H3. The molecule has 13 heavy (non-hydrogen) atoms. The Kier molecular flexibility index (Phi) is 5.39. The van der Waals surface area contributed by atoms with Crippen LogP contribution in [0.5, 0.6) is 0 Å². The third kappa shape index (κ3) is 3.62. The van der Waals surface area contributed by atoms with Gasteiger partial charge in [0.25, 0.3) is 0 Å². The van der Waals surface area contributed by atoms with Gasteiger partial charge in [0, 0.05) is 21.1 Å². The van der Waals surface area contributed by atoms with E-state index in [0.29, 0.717) is 6.04 Å². The highest BCUT2D eigenvalue weighted by Crippen LogP contribution is 2.24.